The Morgan fingerprint density at radius 2 is 2.50 bits per heavy atom. The molecule has 5 heteroatoms. The molecule has 0 aliphatic heterocycles. The first-order valence-electron chi connectivity index (χ1n) is 4.12. The summed E-state index contributed by atoms with van der Waals surface area (Å²) < 4.78 is 5.00. The second-order valence-electron chi connectivity index (χ2n) is 2.72. The SMILES string of the molecule is COc1cccnc1C(CN)C(=O)O. The average Bonchev–Trinajstić information content (AvgIpc) is 2.19. The molecule has 0 amide bonds. The molecule has 0 bridgehead atoms. The zero-order chi connectivity index (χ0) is 10.6. The van der Waals surface area contributed by atoms with Gasteiger partial charge in [-0.1, -0.05) is 0 Å². The van der Waals surface area contributed by atoms with Gasteiger partial charge in [-0.15, -0.1) is 0 Å². The van der Waals surface area contributed by atoms with Crippen molar-refractivity contribution < 1.29 is 14.6 Å². The number of carboxylic acid groups (broad SMARTS) is 1. The molecule has 0 saturated carbocycles. The van der Waals surface area contributed by atoms with Crippen molar-refractivity contribution in [3.8, 4) is 5.75 Å². The second-order valence-corrected chi connectivity index (χ2v) is 2.72. The van der Waals surface area contributed by atoms with Crippen molar-refractivity contribution in [1.29, 1.82) is 0 Å². The minimum absolute atomic E-state index is 0.00269. The maximum Gasteiger partial charge on any atom is 0.314 e. The van der Waals surface area contributed by atoms with E-state index in [1.807, 2.05) is 0 Å². The maximum atomic E-state index is 10.8. The highest BCUT2D eigenvalue weighted by Crippen LogP contribution is 2.23. The van der Waals surface area contributed by atoms with E-state index in [2.05, 4.69) is 4.98 Å². The summed E-state index contributed by atoms with van der Waals surface area (Å²) in [4.78, 5) is 14.8. The first-order valence-corrected chi connectivity index (χ1v) is 4.12. The molecule has 1 rings (SSSR count). The van der Waals surface area contributed by atoms with Crippen LogP contribution >= 0.6 is 0 Å². The number of aromatic nitrogens is 1. The summed E-state index contributed by atoms with van der Waals surface area (Å²) in [7, 11) is 1.47. The fourth-order valence-electron chi connectivity index (χ4n) is 1.17. The van der Waals surface area contributed by atoms with E-state index in [0.29, 0.717) is 11.4 Å². The maximum absolute atomic E-state index is 10.8. The lowest BCUT2D eigenvalue weighted by atomic mass is 10.0. The number of ether oxygens (including phenoxy) is 1. The Hall–Kier alpha value is -1.62. The molecule has 76 valence electrons. The highest BCUT2D eigenvalue weighted by Gasteiger charge is 2.22. The van der Waals surface area contributed by atoms with Gasteiger partial charge in [0.25, 0.3) is 0 Å². The summed E-state index contributed by atoms with van der Waals surface area (Å²) in [6.07, 6.45) is 1.52. The van der Waals surface area contributed by atoms with Crippen molar-refractivity contribution in [3.05, 3.63) is 24.0 Å². The number of hydrogen-bond acceptors (Lipinski definition) is 4. The molecule has 0 fully saturated rings. The van der Waals surface area contributed by atoms with Crippen LogP contribution in [0.4, 0.5) is 0 Å². The number of rotatable bonds is 4. The lowest BCUT2D eigenvalue weighted by Gasteiger charge is -2.12. The fraction of sp³-hybridized carbons (Fsp3) is 0.333. The lowest BCUT2D eigenvalue weighted by molar-refractivity contribution is -0.138. The number of hydrogen-bond donors (Lipinski definition) is 2. The zero-order valence-corrected chi connectivity index (χ0v) is 7.80. The summed E-state index contributed by atoms with van der Waals surface area (Å²) >= 11 is 0. The molecule has 0 aliphatic carbocycles. The second kappa shape index (κ2) is 4.57. The van der Waals surface area contributed by atoms with Crippen LogP contribution in [0.2, 0.25) is 0 Å². The van der Waals surface area contributed by atoms with Gasteiger partial charge in [0.2, 0.25) is 0 Å². The first kappa shape index (κ1) is 10.5. The molecule has 1 unspecified atom stereocenters. The van der Waals surface area contributed by atoms with Crippen LogP contribution in [0.3, 0.4) is 0 Å². The molecular weight excluding hydrogens is 184 g/mol. The Morgan fingerprint density at radius 3 is 3.00 bits per heavy atom. The predicted molar refractivity (Wildman–Crippen MR) is 50.2 cm³/mol. The lowest BCUT2D eigenvalue weighted by Crippen LogP contribution is -2.22. The van der Waals surface area contributed by atoms with Gasteiger partial charge >= 0.3 is 5.97 Å². The third kappa shape index (κ3) is 2.00. The number of carboxylic acids is 1. The number of aliphatic carboxylic acids is 1. The van der Waals surface area contributed by atoms with Crippen LogP contribution in [0.5, 0.6) is 5.75 Å². The molecule has 1 heterocycles. The van der Waals surface area contributed by atoms with Crippen molar-refractivity contribution in [1.82, 2.24) is 4.98 Å². The van der Waals surface area contributed by atoms with Gasteiger partial charge in [0.1, 0.15) is 11.7 Å². The van der Waals surface area contributed by atoms with Gasteiger partial charge in [-0.3, -0.25) is 9.78 Å². The number of carbonyl (C=O) groups is 1. The first-order chi connectivity index (χ1) is 6.70. The molecule has 0 spiro atoms. The molecule has 0 aromatic carbocycles. The summed E-state index contributed by atoms with van der Waals surface area (Å²) in [5.74, 6) is -1.36. The molecule has 14 heavy (non-hydrogen) atoms. The molecule has 5 nitrogen and oxygen atoms in total. The number of pyridine rings is 1. The van der Waals surface area contributed by atoms with Crippen LogP contribution in [0.15, 0.2) is 18.3 Å². The minimum atomic E-state index is -0.996. The summed E-state index contributed by atoms with van der Waals surface area (Å²) in [6, 6.07) is 3.34. The third-order valence-electron chi connectivity index (χ3n) is 1.88. The monoisotopic (exact) mass is 196 g/mol. The fourth-order valence-corrected chi connectivity index (χ4v) is 1.17. The zero-order valence-electron chi connectivity index (χ0n) is 7.80. The van der Waals surface area contributed by atoms with Crippen LogP contribution in [-0.2, 0) is 4.79 Å². The van der Waals surface area contributed by atoms with Crippen molar-refractivity contribution in [2.24, 2.45) is 5.73 Å². The molecule has 3 N–H and O–H groups in total. The topological polar surface area (TPSA) is 85.4 Å². The van der Waals surface area contributed by atoms with E-state index in [0.717, 1.165) is 0 Å². The van der Waals surface area contributed by atoms with Gasteiger partial charge < -0.3 is 15.6 Å². The van der Waals surface area contributed by atoms with Crippen molar-refractivity contribution >= 4 is 5.97 Å². The Labute approximate surface area is 81.5 Å². The van der Waals surface area contributed by atoms with Crippen molar-refractivity contribution in [3.63, 3.8) is 0 Å². The quantitative estimate of drug-likeness (QED) is 0.719. The minimum Gasteiger partial charge on any atom is -0.495 e. The molecule has 0 radical (unpaired) electrons. The Bertz CT molecular complexity index is 328. The van der Waals surface area contributed by atoms with Crippen molar-refractivity contribution in [2.45, 2.75) is 5.92 Å². The van der Waals surface area contributed by atoms with Gasteiger partial charge in [0.05, 0.1) is 12.8 Å². The average molecular weight is 196 g/mol. The van der Waals surface area contributed by atoms with Gasteiger partial charge in [0.15, 0.2) is 0 Å². The number of nitrogens with zero attached hydrogens (tertiary/aromatic N) is 1. The van der Waals surface area contributed by atoms with Gasteiger partial charge in [-0.2, -0.15) is 0 Å². The molecule has 1 atom stereocenters. The van der Waals surface area contributed by atoms with Crippen LogP contribution in [0, 0.1) is 0 Å². The van der Waals surface area contributed by atoms with Crippen LogP contribution in [0.25, 0.3) is 0 Å². The van der Waals surface area contributed by atoms with Crippen LogP contribution in [-0.4, -0.2) is 29.7 Å². The van der Waals surface area contributed by atoms with Gasteiger partial charge in [-0.25, -0.2) is 0 Å². The van der Waals surface area contributed by atoms with Crippen LogP contribution < -0.4 is 10.5 Å². The highest BCUT2D eigenvalue weighted by atomic mass is 16.5. The summed E-state index contributed by atoms with van der Waals surface area (Å²) in [5.41, 5.74) is 5.72. The molecule has 0 saturated heterocycles. The molecular formula is C9H12N2O3. The summed E-state index contributed by atoms with van der Waals surface area (Å²) in [6.45, 7) is 0.00269. The van der Waals surface area contributed by atoms with Crippen LogP contribution in [0.1, 0.15) is 11.6 Å². The van der Waals surface area contributed by atoms with E-state index in [4.69, 9.17) is 15.6 Å². The standard InChI is InChI=1S/C9H12N2O3/c1-14-7-3-2-4-11-8(7)6(5-10)9(12)13/h2-4,6H,5,10H2,1H3,(H,12,13). The van der Waals surface area contributed by atoms with Gasteiger partial charge in [0, 0.05) is 12.7 Å². The molecule has 0 aliphatic rings. The van der Waals surface area contributed by atoms with Crippen molar-refractivity contribution in [2.75, 3.05) is 13.7 Å². The largest absolute Gasteiger partial charge is 0.495 e. The highest BCUT2D eigenvalue weighted by molar-refractivity contribution is 5.76. The number of nitrogens with two attached hydrogens (primary N) is 1. The Morgan fingerprint density at radius 1 is 1.79 bits per heavy atom. The van der Waals surface area contributed by atoms with E-state index < -0.39 is 11.9 Å². The third-order valence-corrected chi connectivity index (χ3v) is 1.88. The summed E-state index contributed by atoms with van der Waals surface area (Å²) in [5, 5.41) is 8.87. The van der Waals surface area contributed by atoms with E-state index >= 15 is 0 Å². The smallest absolute Gasteiger partial charge is 0.314 e. The Balaban J connectivity index is 3.08. The van der Waals surface area contributed by atoms with E-state index in [-0.39, 0.29) is 6.54 Å². The van der Waals surface area contributed by atoms with E-state index in [1.165, 1.54) is 13.3 Å². The van der Waals surface area contributed by atoms with E-state index in [1.54, 1.807) is 12.1 Å². The molecule has 1 aromatic rings. The number of methoxy groups -OCH3 is 1. The Kier molecular flexibility index (Phi) is 3.41. The predicted octanol–water partition coefficient (Wildman–Crippen LogP) is 0.217. The van der Waals surface area contributed by atoms with Gasteiger partial charge in [-0.05, 0) is 12.1 Å². The molecule has 1 aromatic heterocycles. The van der Waals surface area contributed by atoms with E-state index in [9.17, 15) is 4.79 Å². The normalized spacial score (nSPS) is 12.1.